The Balaban J connectivity index is 2.09. The summed E-state index contributed by atoms with van der Waals surface area (Å²) in [6.45, 7) is 3.90. The van der Waals surface area contributed by atoms with Crippen molar-refractivity contribution >= 4 is 5.91 Å². The summed E-state index contributed by atoms with van der Waals surface area (Å²) in [4.78, 5) is 13.2. The minimum absolute atomic E-state index is 0.133. The van der Waals surface area contributed by atoms with Gasteiger partial charge in [-0.1, -0.05) is 346 Å². The number of allylic oxidation sites excluding steroid dienone is 4. The maximum atomic E-state index is 13.2. The Hall–Kier alpha value is -1.33. The van der Waals surface area contributed by atoms with Crippen LogP contribution in [0.2, 0.25) is 0 Å². The molecule has 1 amide bonds. The Morgan fingerprint density at radius 1 is 0.420 bits per heavy atom. The average Bonchev–Trinajstić information content (AvgIpc) is 3.50. The lowest BCUT2D eigenvalue weighted by Crippen LogP contribution is -2.60. The van der Waals surface area contributed by atoms with Crippen LogP contribution >= 0.6 is 0 Å². The van der Waals surface area contributed by atoms with Crippen molar-refractivity contribution < 1.29 is 39.8 Å². The number of carbonyl (C=O) groups is 1. The van der Waals surface area contributed by atoms with Gasteiger partial charge < -0.3 is 40.3 Å². The summed E-state index contributed by atoms with van der Waals surface area (Å²) in [5.74, 6) is -0.136. The van der Waals surface area contributed by atoms with E-state index in [-0.39, 0.29) is 12.5 Å². The van der Waals surface area contributed by atoms with E-state index in [1.807, 2.05) is 0 Å². The molecule has 0 aromatic rings. The molecular formula is C72H139NO8. The summed E-state index contributed by atoms with van der Waals surface area (Å²) in [6, 6.07) is -0.719. The molecule has 1 heterocycles. The number of carbonyl (C=O) groups excluding carboxylic acids is 1. The fourth-order valence-corrected chi connectivity index (χ4v) is 11.9. The van der Waals surface area contributed by atoms with E-state index in [1.165, 1.54) is 302 Å². The Labute approximate surface area is 502 Å². The summed E-state index contributed by atoms with van der Waals surface area (Å²) in [5.41, 5.74) is 0. The standard InChI is InChI=1S/C72H139NO8/c1-3-5-7-9-11-13-15-17-19-21-23-25-27-29-30-31-32-33-34-35-36-38-40-42-44-46-48-50-52-54-56-58-60-62-68(76)73-65(64-80-72-71(79)70(78)69(77)67(63-74)81-72)66(75)61-59-57-55-53-51-49-47-45-43-41-39-37-28-26-24-22-20-18-16-14-12-10-8-6-4-2/h23,25,29-30,65-67,69-72,74-75,77-79H,3-22,24,26-28,31-64H2,1-2H3,(H,73,76)/b25-23-,30-29-. The van der Waals surface area contributed by atoms with Crippen molar-refractivity contribution in [3.05, 3.63) is 24.3 Å². The highest BCUT2D eigenvalue weighted by molar-refractivity contribution is 5.76. The first kappa shape index (κ1) is 77.7. The van der Waals surface area contributed by atoms with Crippen LogP contribution in [0.25, 0.3) is 0 Å². The van der Waals surface area contributed by atoms with E-state index >= 15 is 0 Å². The predicted octanol–water partition coefficient (Wildman–Crippen LogP) is 19.6. The molecule has 9 nitrogen and oxygen atoms in total. The third-order valence-corrected chi connectivity index (χ3v) is 17.6. The number of hydrogen-bond acceptors (Lipinski definition) is 8. The highest BCUT2D eigenvalue weighted by Crippen LogP contribution is 2.24. The van der Waals surface area contributed by atoms with Crippen LogP contribution in [0.4, 0.5) is 0 Å². The maximum Gasteiger partial charge on any atom is 0.220 e. The van der Waals surface area contributed by atoms with Gasteiger partial charge in [0.2, 0.25) is 5.91 Å². The minimum Gasteiger partial charge on any atom is -0.394 e. The van der Waals surface area contributed by atoms with Gasteiger partial charge in [-0.25, -0.2) is 0 Å². The first-order chi connectivity index (χ1) is 39.8. The second kappa shape index (κ2) is 61.7. The predicted molar refractivity (Wildman–Crippen MR) is 346 cm³/mol. The molecule has 7 unspecified atom stereocenters. The largest absolute Gasteiger partial charge is 0.394 e. The van der Waals surface area contributed by atoms with E-state index in [0.29, 0.717) is 12.8 Å². The van der Waals surface area contributed by atoms with Crippen LogP contribution in [0.5, 0.6) is 0 Å². The fraction of sp³-hybridized carbons (Fsp3) is 0.931. The molecule has 1 aliphatic heterocycles. The number of rotatable bonds is 64. The molecule has 480 valence electrons. The second-order valence-corrected chi connectivity index (χ2v) is 25.4. The van der Waals surface area contributed by atoms with Crippen LogP contribution in [0.15, 0.2) is 24.3 Å². The Morgan fingerprint density at radius 3 is 1.06 bits per heavy atom. The zero-order valence-corrected chi connectivity index (χ0v) is 53.8. The molecule has 1 saturated heterocycles. The highest BCUT2D eigenvalue weighted by Gasteiger charge is 2.44. The quantitative estimate of drug-likeness (QED) is 0.0261. The van der Waals surface area contributed by atoms with Crippen LogP contribution < -0.4 is 5.32 Å². The monoisotopic (exact) mass is 1150 g/mol. The topological polar surface area (TPSA) is 149 Å². The zero-order valence-electron chi connectivity index (χ0n) is 53.8. The van der Waals surface area contributed by atoms with Gasteiger partial charge in [0.25, 0.3) is 0 Å². The highest BCUT2D eigenvalue weighted by atomic mass is 16.7. The summed E-state index contributed by atoms with van der Waals surface area (Å²) in [5, 5.41) is 55.0. The van der Waals surface area contributed by atoms with Crippen LogP contribution in [-0.4, -0.2) is 87.5 Å². The lowest BCUT2D eigenvalue weighted by molar-refractivity contribution is -0.302. The lowest BCUT2D eigenvalue weighted by atomic mass is 9.99. The number of amides is 1. The van der Waals surface area contributed by atoms with Crippen LogP contribution in [-0.2, 0) is 14.3 Å². The van der Waals surface area contributed by atoms with E-state index in [2.05, 4.69) is 43.5 Å². The van der Waals surface area contributed by atoms with Gasteiger partial charge in [-0.05, 0) is 44.9 Å². The van der Waals surface area contributed by atoms with Crippen molar-refractivity contribution in [1.82, 2.24) is 5.32 Å². The van der Waals surface area contributed by atoms with Crippen molar-refractivity contribution in [1.29, 1.82) is 0 Å². The van der Waals surface area contributed by atoms with Gasteiger partial charge in [-0.3, -0.25) is 4.79 Å². The number of nitrogens with one attached hydrogen (secondary N) is 1. The van der Waals surface area contributed by atoms with E-state index in [0.717, 1.165) is 44.9 Å². The molecule has 6 N–H and O–H groups in total. The molecule has 0 aliphatic carbocycles. The van der Waals surface area contributed by atoms with Crippen molar-refractivity contribution in [2.75, 3.05) is 13.2 Å². The number of aliphatic hydroxyl groups is 5. The smallest absolute Gasteiger partial charge is 0.220 e. The van der Waals surface area contributed by atoms with Crippen molar-refractivity contribution in [3.63, 3.8) is 0 Å². The van der Waals surface area contributed by atoms with E-state index in [9.17, 15) is 30.3 Å². The van der Waals surface area contributed by atoms with Gasteiger partial charge in [0.15, 0.2) is 6.29 Å². The number of hydrogen-bond donors (Lipinski definition) is 6. The van der Waals surface area contributed by atoms with E-state index < -0.39 is 49.5 Å². The Bertz CT molecular complexity index is 1330. The Morgan fingerprint density at radius 2 is 0.728 bits per heavy atom. The van der Waals surface area contributed by atoms with Gasteiger partial charge in [0, 0.05) is 6.42 Å². The van der Waals surface area contributed by atoms with Crippen molar-refractivity contribution in [3.8, 4) is 0 Å². The van der Waals surface area contributed by atoms with Crippen LogP contribution in [0, 0.1) is 0 Å². The summed E-state index contributed by atoms with van der Waals surface area (Å²) < 4.78 is 11.4. The minimum atomic E-state index is -1.55. The summed E-state index contributed by atoms with van der Waals surface area (Å²) in [6.07, 6.45) is 74.0. The molecule has 0 bridgehead atoms. The van der Waals surface area contributed by atoms with Gasteiger partial charge >= 0.3 is 0 Å². The molecule has 0 aromatic heterocycles. The molecule has 0 saturated carbocycles. The van der Waals surface area contributed by atoms with E-state index in [1.54, 1.807) is 0 Å². The number of ether oxygens (including phenoxy) is 2. The average molecular weight is 1150 g/mol. The van der Waals surface area contributed by atoms with Gasteiger partial charge in [0.1, 0.15) is 24.4 Å². The number of aliphatic hydroxyl groups excluding tert-OH is 5. The third-order valence-electron chi connectivity index (χ3n) is 17.6. The normalized spacial score (nSPS) is 18.4. The molecule has 81 heavy (non-hydrogen) atoms. The molecule has 0 aromatic carbocycles. The lowest BCUT2D eigenvalue weighted by Gasteiger charge is -2.40. The van der Waals surface area contributed by atoms with Crippen molar-refractivity contribution in [2.45, 2.75) is 416 Å². The molecule has 1 rings (SSSR count). The first-order valence-corrected chi connectivity index (χ1v) is 36.0. The molecular weight excluding hydrogens is 1010 g/mol. The molecule has 1 aliphatic rings. The Kier molecular flexibility index (Phi) is 59.2. The summed E-state index contributed by atoms with van der Waals surface area (Å²) in [7, 11) is 0. The van der Waals surface area contributed by atoms with Gasteiger partial charge in [0.05, 0.1) is 25.4 Å². The number of unbranched alkanes of at least 4 members (excludes halogenated alkanes) is 50. The van der Waals surface area contributed by atoms with Gasteiger partial charge in [-0.15, -0.1) is 0 Å². The fourth-order valence-electron chi connectivity index (χ4n) is 11.9. The molecule has 0 radical (unpaired) electrons. The van der Waals surface area contributed by atoms with Crippen LogP contribution in [0.1, 0.15) is 373 Å². The zero-order chi connectivity index (χ0) is 58.6. The molecule has 1 fully saturated rings. The van der Waals surface area contributed by atoms with Crippen LogP contribution in [0.3, 0.4) is 0 Å². The van der Waals surface area contributed by atoms with Crippen molar-refractivity contribution in [2.24, 2.45) is 0 Å². The summed E-state index contributed by atoms with van der Waals surface area (Å²) >= 11 is 0. The molecule has 9 heteroatoms. The second-order valence-electron chi connectivity index (χ2n) is 25.4. The SMILES string of the molecule is CCCCCCCCCCC/C=C\C/C=C\CCCCCCCCCCCCCCCCCCCC(=O)NC(COC1OC(CO)C(O)C(O)C1O)C(O)CCCCCCCCCCCCCCCCCCCCCCCCCCC. The first-order valence-electron chi connectivity index (χ1n) is 36.0. The molecule has 0 spiro atoms. The maximum absolute atomic E-state index is 13.2. The van der Waals surface area contributed by atoms with E-state index in [4.69, 9.17) is 9.47 Å². The van der Waals surface area contributed by atoms with Gasteiger partial charge in [-0.2, -0.15) is 0 Å². The third kappa shape index (κ3) is 50.5. The molecule has 7 atom stereocenters.